The Balaban J connectivity index is 1.57. The molecular formula is C21H27N5O3. The lowest BCUT2D eigenvalue weighted by atomic mass is 9.48. The lowest BCUT2D eigenvalue weighted by Gasteiger charge is -2.57. The summed E-state index contributed by atoms with van der Waals surface area (Å²) in [6, 6.07) is 0. The molecule has 0 amide bonds. The SMILES string of the molecule is CCn1cc([N+](=O)[O-])c(C(=O)n2nc(C)c(C34CC5CC(CC(C5)C3)C4)c2C)n1. The zero-order valence-electron chi connectivity index (χ0n) is 17.2. The molecule has 4 fully saturated rings. The number of aromatic nitrogens is 4. The van der Waals surface area contributed by atoms with Crippen molar-refractivity contribution in [2.24, 2.45) is 17.8 Å². The highest BCUT2D eigenvalue weighted by Gasteiger charge is 2.53. The van der Waals surface area contributed by atoms with Gasteiger partial charge in [-0.15, -0.1) is 0 Å². The van der Waals surface area contributed by atoms with Crippen LogP contribution in [0.25, 0.3) is 0 Å². The number of rotatable bonds is 4. The van der Waals surface area contributed by atoms with Crippen LogP contribution in [-0.4, -0.2) is 30.4 Å². The van der Waals surface area contributed by atoms with Crippen molar-refractivity contribution in [3.05, 3.63) is 39.0 Å². The molecule has 0 radical (unpaired) electrons. The number of nitrogens with zero attached hydrogens (tertiary/aromatic N) is 5. The van der Waals surface area contributed by atoms with Gasteiger partial charge < -0.3 is 0 Å². The van der Waals surface area contributed by atoms with Crippen LogP contribution in [0.15, 0.2) is 6.20 Å². The molecule has 4 aliphatic carbocycles. The van der Waals surface area contributed by atoms with Crippen LogP contribution < -0.4 is 0 Å². The molecule has 4 bridgehead atoms. The first-order valence-electron chi connectivity index (χ1n) is 10.6. The molecule has 0 spiro atoms. The van der Waals surface area contributed by atoms with Gasteiger partial charge in [-0.1, -0.05) is 0 Å². The van der Waals surface area contributed by atoms with Crippen molar-refractivity contribution < 1.29 is 9.72 Å². The molecular weight excluding hydrogens is 370 g/mol. The molecule has 8 nitrogen and oxygen atoms in total. The van der Waals surface area contributed by atoms with E-state index in [1.807, 2.05) is 20.8 Å². The number of carbonyl (C=O) groups is 1. The molecule has 2 aromatic heterocycles. The summed E-state index contributed by atoms with van der Waals surface area (Å²) in [4.78, 5) is 24.1. The fourth-order valence-corrected chi connectivity index (χ4v) is 6.98. The lowest BCUT2D eigenvalue weighted by molar-refractivity contribution is -0.385. The number of aryl methyl sites for hydroxylation is 2. The summed E-state index contributed by atoms with van der Waals surface area (Å²) in [5, 5.41) is 20.2. The van der Waals surface area contributed by atoms with Crippen molar-refractivity contribution in [2.75, 3.05) is 0 Å². The van der Waals surface area contributed by atoms with E-state index in [2.05, 4.69) is 10.2 Å². The summed E-state index contributed by atoms with van der Waals surface area (Å²) < 4.78 is 2.79. The molecule has 2 aromatic rings. The zero-order valence-corrected chi connectivity index (χ0v) is 17.2. The van der Waals surface area contributed by atoms with Gasteiger partial charge >= 0.3 is 11.6 Å². The second-order valence-corrected chi connectivity index (χ2v) is 9.44. The van der Waals surface area contributed by atoms with Gasteiger partial charge in [0, 0.05) is 17.8 Å². The van der Waals surface area contributed by atoms with E-state index in [-0.39, 0.29) is 16.8 Å². The first kappa shape index (κ1) is 18.5. The molecule has 4 aliphatic rings. The van der Waals surface area contributed by atoms with Gasteiger partial charge in [-0.2, -0.15) is 14.9 Å². The Bertz CT molecular complexity index is 983. The number of hydrogen-bond donors (Lipinski definition) is 0. The Morgan fingerprint density at radius 1 is 1.17 bits per heavy atom. The third-order valence-electron chi connectivity index (χ3n) is 7.52. The Labute approximate surface area is 169 Å². The van der Waals surface area contributed by atoms with E-state index in [1.165, 1.54) is 59.6 Å². The number of carbonyl (C=O) groups excluding carboxylic acids is 1. The molecule has 0 N–H and O–H groups in total. The van der Waals surface area contributed by atoms with Crippen LogP contribution >= 0.6 is 0 Å². The summed E-state index contributed by atoms with van der Waals surface area (Å²) in [6.07, 6.45) is 8.93. The van der Waals surface area contributed by atoms with Crippen LogP contribution in [0.3, 0.4) is 0 Å². The van der Waals surface area contributed by atoms with Gasteiger partial charge in [0.25, 0.3) is 0 Å². The van der Waals surface area contributed by atoms with Crippen LogP contribution in [0.5, 0.6) is 0 Å². The first-order chi connectivity index (χ1) is 13.8. The maximum Gasteiger partial charge on any atom is 0.320 e. The lowest BCUT2D eigenvalue weighted by Crippen LogP contribution is -2.49. The van der Waals surface area contributed by atoms with Gasteiger partial charge in [0.1, 0.15) is 6.20 Å². The molecule has 0 unspecified atom stereocenters. The molecule has 4 saturated carbocycles. The van der Waals surface area contributed by atoms with Crippen LogP contribution in [0.4, 0.5) is 5.69 Å². The van der Waals surface area contributed by atoms with E-state index < -0.39 is 10.8 Å². The molecule has 0 aliphatic heterocycles. The fraction of sp³-hybridized carbons (Fsp3) is 0.667. The maximum absolute atomic E-state index is 13.2. The highest BCUT2D eigenvalue weighted by molar-refractivity contribution is 5.97. The fourth-order valence-electron chi connectivity index (χ4n) is 6.98. The second kappa shape index (κ2) is 6.24. The van der Waals surface area contributed by atoms with Gasteiger partial charge in [0.05, 0.1) is 10.6 Å². The van der Waals surface area contributed by atoms with Crippen molar-refractivity contribution in [1.29, 1.82) is 0 Å². The predicted octanol–water partition coefficient (Wildman–Crippen LogP) is 3.78. The van der Waals surface area contributed by atoms with Crippen LogP contribution in [0.1, 0.15) is 72.9 Å². The monoisotopic (exact) mass is 397 g/mol. The molecule has 0 aromatic carbocycles. The quantitative estimate of drug-likeness (QED) is 0.578. The van der Waals surface area contributed by atoms with Gasteiger partial charge in [-0.3, -0.25) is 19.6 Å². The van der Waals surface area contributed by atoms with Crippen molar-refractivity contribution in [1.82, 2.24) is 19.6 Å². The Morgan fingerprint density at radius 2 is 1.76 bits per heavy atom. The summed E-state index contributed by atoms with van der Waals surface area (Å²) in [5.74, 6) is 1.86. The highest BCUT2D eigenvalue weighted by Crippen LogP contribution is 2.61. The molecule has 154 valence electrons. The Kier molecular flexibility index (Phi) is 3.98. The summed E-state index contributed by atoms with van der Waals surface area (Å²) in [6.45, 7) is 6.21. The van der Waals surface area contributed by atoms with E-state index >= 15 is 0 Å². The minimum atomic E-state index is -0.544. The first-order valence-corrected chi connectivity index (χ1v) is 10.6. The van der Waals surface area contributed by atoms with E-state index in [4.69, 9.17) is 0 Å². The normalized spacial score (nSPS) is 30.1. The minimum absolute atomic E-state index is 0.121. The van der Waals surface area contributed by atoms with E-state index in [9.17, 15) is 14.9 Å². The van der Waals surface area contributed by atoms with E-state index in [1.54, 1.807) is 0 Å². The third kappa shape index (κ3) is 2.68. The smallest absolute Gasteiger partial charge is 0.265 e. The summed E-state index contributed by atoms with van der Waals surface area (Å²) >= 11 is 0. The molecule has 0 atom stereocenters. The Hall–Kier alpha value is -2.51. The molecule has 29 heavy (non-hydrogen) atoms. The minimum Gasteiger partial charge on any atom is -0.265 e. The van der Waals surface area contributed by atoms with E-state index in [0.29, 0.717) is 6.54 Å². The third-order valence-corrected chi connectivity index (χ3v) is 7.52. The van der Waals surface area contributed by atoms with Crippen LogP contribution in [-0.2, 0) is 12.0 Å². The van der Waals surface area contributed by atoms with Crippen molar-refractivity contribution in [3.8, 4) is 0 Å². The predicted molar refractivity (Wildman–Crippen MR) is 106 cm³/mol. The van der Waals surface area contributed by atoms with E-state index in [0.717, 1.165) is 29.1 Å². The standard InChI is InChI=1S/C21H27N5O3/c1-4-24-11-17(26(28)29)19(23-24)20(27)25-13(3)18(12(2)22-25)21-8-14-5-15(9-21)7-16(6-14)10-21/h11,14-16H,4-10H2,1-3H3. The average molecular weight is 397 g/mol. The number of nitro groups is 1. The van der Waals surface area contributed by atoms with Gasteiger partial charge in [-0.25, -0.2) is 0 Å². The number of hydrogen-bond acceptors (Lipinski definition) is 5. The molecule has 6 rings (SSSR count). The van der Waals surface area contributed by atoms with Crippen LogP contribution in [0, 0.1) is 41.7 Å². The second-order valence-electron chi connectivity index (χ2n) is 9.44. The van der Waals surface area contributed by atoms with Gasteiger partial charge in [0.2, 0.25) is 5.69 Å². The topological polar surface area (TPSA) is 95.8 Å². The zero-order chi connectivity index (χ0) is 20.5. The van der Waals surface area contributed by atoms with Crippen molar-refractivity contribution >= 4 is 11.6 Å². The average Bonchev–Trinajstić information content (AvgIpc) is 3.21. The largest absolute Gasteiger partial charge is 0.320 e. The van der Waals surface area contributed by atoms with Gasteiger partial charge in [-0.05, 0) is 82.5 Å². The summed E-state index contributed by atoms with van der Waals surface area (Å²) in [7, 11) is 0. The van der Waals surface area contributed by atoms with Crippen LogP contribution in [0.2, 0.25) is 0 Å². The van der Waals surface area contributed by atoms with Crippen molar-refractivity contribution in [2.45, 2.75) is 71.3 Å². The highest BCUT2D eigenvalue weighted by atomic mass is 16.6. The Morgan fingerprint density at radius 3 is 2.28 bits per heavy atom. The maximum atomic E-state index is 13.2. The molecule has 2 heterocycles. The molecule has 8 heteroatoms. The summed E-state index contributed by atoms with van der Waals surface area (Å²) in [5.41, 5.74) is 2.64. The van der Waals surface area contributed by atoms with Gasteiger partial charge in [0.15, 0.2) is 0 Å². The molecule has 0 saturated heterocycles. The van der Waals surface area contributed by atoms with Crippen molar-refractivity contribution in [3.63, 3.8) is 0 Å².